The van der Waals surface area contributed by atoms with Gasteiger partial charge in [0.1, 0.15) is 5.25 Å². The number of hydrogen-bond acceptors (Lipinski definition) is 4. The van der Waals surface area contributed by atoms with Crippen molar-refractivity contribution >= 4 is 67.6 Å². The van der Waals surface area contributed by atoms with Crippen LogP contribution in [0.25, 0.3) is 0 Å². The zero-order valence-electron chi connectivity index (χ0n) is 14.7. The van der Waals surface area contributed by atoms with Crippen molar-refractivity contribution in [3.63, 3.8) is 0 Å². The summed E-state index contributed by atoms with van der Waals surface area (Å²) in [5.41, 5.74) is 2.24. The van der Waals surface area contributed by atoms with E-state index in [0.29, 0.717) is 21.6 Å². The van der Waals surface area contributed by atoms with E-state index in [1.807, 2.05) is 37.3 Å². The number of thioether (sulfide) groups is 1. The number of benzene rings is 2. The fourth-order valence-corrected chi connectivity index (χ4v) is 4.25. The van der Waals surface area contributed by atoms with Gasteiger partial charge in [-0.05, 0) is 52.7 Å². The summed E-state index contributed by atoms with van der Waals surface area (Å²) in [5.74, 6) is -0.359. The van der Waals surface area contributed by atoms with Crippen molar-refractivity contribution in [3.05, 3.63) is 57.5 Å². The lowest BCUT2D eigenvalue weighted by atomic mass is 10.2. The van der Waals surface area contributed by atoms with E-state index in [-0.39, 0.29) is 18.2 Å². The van der Waals surface area contributed by atoms with Gasteiger partial charge in [0.25, 0.3) is 0 Å². The van der Waals surface area contributed by atoms with Crippen LogP contribution in [0.4, 0.5) is 11.4 Å². The first-order valence-corrected chi connectivity index (χ1v) is 10.2. The van der Waals surface area contributed by atoms with Crippen molar-refractivity contribution in [2.45, 2.75) is 18.6 Å². The Morgan fingerprint density at radius 1 is 1.30 bits per heavy atom. The van der Waals surface area contributed by atoms with Crippen LogP contribution in [-0.4, -0.2) is 34.2 Å². The molecule has 1 aliphatic heterocycles. The van der Waals surface area contributed by atoms with E-state index in [0.717, 1.165) is 10.0 Å². The molecule has 1 heterocycles. The molecule has 1 unspecified atom stereocenters. The molecule has 27 heavy (non-hydrogen) atoms. The summed E-state index contributed by atoms with van der Waals surface area (Å²) in [4.78, 5) is 30.9. The second-order valence-electron chi connectivity index (χ2n) is 6.01. The number of amides is 2. The monoisotopic (exact) mass is 465 g/mol. The molecule has 2 aromatic rings. The zero-order chi connectivity index (χ0) is 19.6. The van der Waals surface area contributed by atoms with Crippen molar-refractivity contribution in [2.75, 3.05) is 12.4 Å². The fraction of sp³-hybridized carbons (Fsp3) is 0.211. The highest BCUT2D eigenvalue weighted by atomic mass is 79.9. The largest absolute Gasteiger partial charge is 0.325 e. The third kappa shape index (κ3) is 4.54. The maximum absolute atomic E-state index is 12.5. The summed E-state index contributed by atoms with van der Waals surface area (Å²) >= 11 is 10.8. The molecule has 0 spiro atoms. The van der Waals surface area contributed by atoms with Gasteiger partial charge < -0.3 is 5.32 Å². The van der Waals surface area contributed by atoms with Crippen LogP contribution in [0.5, 0.6) is 0 Å². The molecule has 1 fully saturated rings. The number of carbonyl (C=O) groups excluding carboxylic acids is 2. The van der Waals surface area contributed by atoms with Gasteiger partial charge >= 0.3 is 0 Å². The first-order valence-electron chi connectivity index (χ1n) is 8.19. The maximum Gasteiger partial charge on any atom is 0.242 e. The molecule has 0 aliphatic carbocycles. The van der Waals surface area contributed by atoms with Crippen LogP contribution in [-0.2, 0) is 9.59 Å². The van der Waals surface area contributed by atoms with E-state index in [1.54, 1.807) is 19.2 Å². The van der Waals surface area contributed by atoms with E-state index in [1.165, 1.54) is 16.7 Å². The predicted octanol–water partition coefficient (Wildman–Crippen LogP) is 5.00. The zero-order valence-corrected chi connectivity index (χ0v) is 17.9. The van der Waals surface area contributed by atoms with E-state index in [4.69, 9.17) is 11.6 Å². The standard InChI is InChI=1S/C19H17BrClN3O2S/c1-11-13(21)7-5-9-14(11)23-19-24(2)18(26)16(27-19)10-17(25)22-15-8-4-3-6-12(15)20/h3-9,16H,10H2,1-2H3,(H,22,25). The van der Waals surface area contributed by atoms with Gasteiger partial charge in [0.15, 0.2) is 5.17 Å². The first-order chi connectivity index (χ1) is 12.9. The number of nitrogens with one attached hydrogen (secondary N) is 1. The minimum Gasteiger partial charge on any atom is -0.325 e. The number of halogens is 2. The molecule has 8 heteroatoms. The highest BCUT2D eigenvalue weighted by molar-refractivity contribution is 9.10. The number of aliphatic imine (C=N–C) groups is 1. The summed E-state index contributed by atoms with van der Waals surface area (Å²) in [6, 6.07) is 12.8. The highest BCUT2D eigenvalue weighted by Gasteiger charge is 2.37. The van der Waals surface area contributed by atoms with Crippen LogP contribution in [0.3, 0.4) is 0 Å². The number of para-hydroxylation sites is 1. The molecule has 2 aromatic carbocycles. The molecule has 5 nitrogen and oxygen atoms in total. The van der Waals surface area contributed by atoms with Crippen molar-refractivity contribution < 1.29 is 9.59 Å². The Morgan fingerprint density at radius 2 is 2.04 bits per heavy atom. The van der Waals surface area contributed by atoms with Gasteiger partial charge in [0, 0.05) is 23.0 Å². The second kappa shape index (κ2) is 8.46. The molecule has 0 bridgehead atoms. The number of rotatable bonds is 4. The molecule has 0 saturated carbocycles. The lowest BCUT2D eigenvalue weighted by molar-refractivity contribution is -0.127. The number of carbonyl (C=O) groups is 2. The number of nitrogens with zero attached hydrogens (tertiary/aromatic N) is 2. The van der Waals surface area contributed by atoms with Crippen molar-refractivity contribution in [2.24, 2.45) is 4.99 Å². The Labute approximate surface area is 175 Å². The minimum atomic E-state index is -0.504. The third-order valence-electron chi connectivity index (χ3n) is 4.11. The Bertz CT molecular complexity index is 935. The van der Waals surface area contributed by atoms with Gasteiger partial charge in [-0.15, -0.1) is 0 Å². The first kappa shape index (κ1) is 19.9. The number of anilines is 1. The van der Waals surface area contributed by atoms with Gasteiger partial charge in [-0.25, -0.2) is 4.99 Å². The lowest BCUT2D eigenvalue weighted by Crippen LogP contribution is -2.30. The molecular weight excluding hydrogens is 450 g/mol. The van der Waals surface area contributed by atoms with Gasteiger partial charge in [-0.3, -0.25) is 14.5 Å². The van der Waals surface area contributed by atoms with Gasteiger partial charge in [0.05, 0.1) is 11.4 Å². The Kier molecular flexibility index (Phi) is 6.24. The van der Waals surface area contributed by atoms with Gasteiger partial charge in [-0.1, -0.05) is 41.6 Å². The Hall–Kier alpha value is -1.83. The number of hydrogen-bond donors (Lipinski definition) is 1. The predicted molar refractivity (Wildman–Crippen MR) is 115 cm³/mol. The Morgan fingerprint density at radius 3 is 2.78 bits per heavy atom. The summed E-state index contributed by atoms with van der Waals surface area (Å²) in [5, 5.41) is 3.51. The molecule has 1 aliphatic rings. The van der Waals surface area contributed by atoms with Gasteiger partial charge in [-0.2, -0.15) is 0 Å². The molecule has 0 aromatic heterocycles. The van der Waals surface area contributed by atoms with E-state index >= 15 is 0 Å². The summed E-state index contributed by atoms with van der Waals surface area (Å²) in [7, 11) is 1.67. The molecule has 1 atom stereocenters. The third-order valence-corrected chi connectivity index (χ3v) is 6.44. The number of amidine groups is 1. The van der Waals surface area contributed by atoms with Crippen LogP contribution in [0.1, 0.15) is 12.0 Å². The quantitative estimate of drug-likeness (QED) is 0.689. The van der Waals surface area contributed by atoms with Crippen LogP contribution in [0.2, 0.25) is 5.02 Å². The summed E-state index contributed by atoms with van der Waals surface area (Å²) in [6.07, 6.45) is 0.0721. The molecule has 3 rings (SSSR count). The van der Waals surface area contributed by atoms with E-state index < -0.39 is 5.25 Å². The lowest BCUT2D eigenvalue weighted by Gasteiger charge is -2.10. The topological polar surface area (TPSA) is 61.8 Å². The van der Waals surface area contributed by atoms with Crippen LogP contribution in [0, 0.1) is 6.92 Å². The molecule has 140 valence electrons. The summed E-state index contributed by atoms with van der Waals surface area (Å²) in [6.45, 7) is 1.88. The molecule has 1 N–H and O–H groups in total. The SMILES string of the molecule is Cc1c(Cl)cccc1N=C1SC(CC(=O)Nc2ccccc2Br)C(=O)N1C. The molecule has 0 radical (unpaired) electrons. The highest BCUT2D eigenvalue weighted by Crippen LogP contribution is 2.33. The molecule has 1 saturated heterocycles. The maximum atomic E-state index is 12.5. The van der Waals surface area contributed by atoms with Crippen molar-refractivity contribution in [3.8, 4) is 0 Å². The molecule has 2 amide bonds. The van der Waals surface area contributed by atoms with Gasteiger partial charge in [0.2, 0.25) is 11.8 Å². The van der Waals surface area contributed by atoms with E-state index in [2.05, 4.69) is 26.2 Å². The van der Waals surface area contributed by atoms with Crippen molar-refractivity contribution in [1.29, 1.82) is 0 Å². The van der Waals surface area contributed by atoms with Crippen molar-refractivity contribution in [1.82, 2.24) is 4.90 Å². The normalized spacial score (nSPS) is 18.2. The average molecular weight is 467 g/mol. The average Bonchev–Trinajstić information content (AvgIpc) is 2.89. The minimum absolute atomic E-state index is 0.0721. The second-order valence-corrected chi connectivity index (χ2v) is 8.45. The Balaban J connectivity index is 1.72. The van der Waals surface area contributed by atoms with Crippen LogP contribution < -0.4 is 5.32 Å². The van der Waals surface area contributed by atoms with Crippen LogP contribution in [0.15, 0.2) is 51.9 Å². The fourth-order valence-electron chi connectivity index (χ4n) is 2.55. The smallest absolute Gasteiger partial charge is 0.242 e. The summed E-state index contributed by atoms with van der Waals surface area (Å²) < 4.78 is 0.791. The van der Waals surface area contributed by atoms with E-state index in [9.17, 15) is 9.59 Å². The van der Waals surface area contributed by atoms with Crippen LogP contribution >= 0.6 is 39.3 Å². The molecular formula is C19H17BrClN3O2S.